The summed E-state index contributed by atoms with van der Waals surface area (Å²) in [6, 6.07) is 15.5. The van der Waals surface area contributed by atoms with Gasteiger partial charge in [-0.05, 0) is 29.8 Å². The molecule has 0 aliphatic rings. The summed E-state index contributed by atoms with van der Waals surface area (Å²) >= 11 is 0. The van der Waals surface area contributed by atoms with E-state index in [1.807, 2.05) is 30.3 Å². The van der Waals surface area contributed by atoms with Gasteiger partial charge in [0.2, 0.25) is 10.0 Å². The van der Waals surface area contributed by atoms with E-state index in [4.69, 9.17) is 5.11 Å². The minimum Gasteiger partial charge on any atom is -0.394 e. The zero-order valence-corrected chi connectivity index (χ0v) is 13.3. The van der Waals surface area contributed by atoms with E-state index in [0.29, 0.717) is 5.69 Å². The first kappa shape index (κ1) is 17.4. The summed E-state index contributed by atoms with van der Waals surface area (Å²) in [5, 5.41) is 20.9. The maximum atomic E-state index is 12.2. The van der Waals surface area contributed by atoms with E-state index < -0.39 is 16.1 Å². The highest BCUT2D eigenvalue weighted by molar-refractivity contribution is 7.89. The lowest BCUT2D eigenvalue weighted by Crippen LogP contribution is -2.24. The third-order valence-electron chi connectivity index (χ3n) is 3.23. The van der Waals surface area contributed by atoms with Gasteiger partial charge in [-0.1, -0.05) is 30.3 Å². The monoisotopic (exact) mass is 336 g/mol. The Balaban J connectivity index is 1.97. The number of sulfonamides is 1. The fourth-order valence-corrected chi connectivity index (χ4v) is 2.93. The third-order valence-corrected chi connectivity index (χ3v) is 4.64. The van der Waals surface area contributed by atoms with Crippen LogP contribution in [0.2, 0.25) is 0 Å². The van der Waals surface area contributed by atoms with Gasteiger partial charge in [0.15, 0.2) is 0 Å². The van der Waals surface area contributed by atoms with Crippen molar-refractivity contribution in [2.45, 2.75) is 17.5 Å². The van der Waals surface area contributed by atoms with Gasteiger partial charge in [-0.2, -0.15) is 0 Å². The second kappa shape index (κ2) is 8.07. The number of hydrogen-bond donors (Lipinski definition) is 4. The smallest absolute Gasteiger partial charge is 0.240 e. The van der Waals surface area contributed by atoms with Gasteiger partial charge in [0.25, 0.3) is 0 Å². The van der Waals surface area contributed by atoms with Crippen molar-refractivity contribution in [1.29, 1.82) is 0 Å². The van der Waals surface area contributed by atoms with Crippen molar-refractivity contribution in [1.82, 2.24) is 4.72 Å². The molecule has 4 N–H and O–H groups in total. The van der Waals surface area contributed by atoms with E-state index in [1.54, 1.807) is 12.1 Å². The van der Waals surface area contributed by atoms with E-state index in [9.17, 15) is 13.5 Å². The van der Waals surface area contributed by atoms with E-state index >= 15 is 0 Å². The quantitative estimate of drug-likeness (QED) is 0.575. The minimum absolute atomic E-state index is 0.168. The van der Waals surface area contributed by atoms with Crippen LogP contribution in [0.25, 0.3) is 0 Å². The van der Waals surface area contributed by atoms with E-state index in [1.165, 1.54) is 12.1 Å². The molecule has 0 heterocycles. The maximum Gasteiger partial charge on any atom is 0.240 e. The molecule has 0 saturated heterocycles. The van der Waals surface area contributed by atoms with Crippen LogP contribution in [-0.2, 0) is 16.6 Å². The lowest BCUT2D eigenvalue weighted by molar-refractivity contribution is 0.105. The normalized spacial score (nSPS) is 12.8. The fraction of sp³-hybridized carbons (Fsp3) is 0.250. The van der Waals surface area contributed by atoms with Crippen LogP contribution in [0.15, 0.2) is 59.5 Å². The molecule has 0 amide bonds. The Morgan fingerprint density at radius 1 is 1.00 bits per heavy atom. The number of aliphatic hydroxyl groups is 2. The molecule has 0 radical (unpaired) electrons. The van der Waals surface area contributed by atoms with Crippen LogP contribution < -0.4 is 10.0 Å². The lowest BCUT2D eigenvalue weighted by atomic mass is 10.2. The lowest BCUT2D eigenvalue weighted by Gasteiger charge is -2.11. The Morgan fingerprint density at radius 3 is 2.26 bits per heavy atom. The van der Waals surface area contributed by atoms with Crippen LogP contribution in [-0.4, -0.2) is 37.9 Å². The molecule has 2 aromatic rings. The van der Waals surface area contributed by atoms with E-state index in [0.717, 1.165) is 5.56 Å². The van der Waals surface area contributed by atoms with Crippen molar-refractivity contribution in [2.75, 3.05) is 18.5 Å². The molecular weight excluding hydrogens is 316 g/mol. The van der Waals surface area contributed by atoms with Crippen molar-refractivity contribution < 1.29 is 18.6 Å². The van der Waals surface area contributed by atoms with Gasteiger partial charge in [-0.25, -0.2) is 13.1 Å². The molecule has 2 rings (SSSR count). The third kappa shape index (κ3) is 5.33. The van der Waals surface area contributed by atoms with Crippen LogP contribution in [0.1, 0.15) is 5.56 Å². The molecule has 0 saturated carbocycles. The molecule has 7 heteroatoms. The largest absolute Gasteiger partial charge is 0.394 e. The number of rotatable bonds is 8. The Morgan fingerprint density at radius 2 is 1.65 bits per heavy atom. The van der Waals surface area contributed by atoms with Gasteiger partial charge in [0, 0.05) is 18.8 Å². The number of benzene rings is 2. The second-order valence-corrected chi connectivity index (χ2v) is 6.82. The highest BCUT2D eigenvalue weighted by atomic mass is 32.2. The van der Waals surface area contributed by atoms with Crippen molar-refractivity contribution in [3.8, 4) is 0 Å². The summed E-state index contributed by atoms with van der Waals surface area (Å²) in [5.41, 5.74) is 1.55. The van der Waals surface area contributed by atoms with Gasteiger partial charge in [0.05, 0.1) is 17.6 Å². The molecule has 0 spiro atoms. The van der Waals surface area contributed by atoms with Gasteiger partial charge in [-0.3, -0.25) is 0 Å². The van der Waals surface area contributed by atoms with Gasteiger partial charge in [0.1, 0.15) is 0 Å². The first-order chi connectivity index (χ1) is 11.0. The minimum atomic E-state index is -3.58. The summed E-state index contributed by atoms with van der Waals surface area (Å²) in [5.74, 6) is 0. The predicted molar refractivity (Wildman–Crippen MR) is 88.5 cm³/mol. The molecule has 0 bridgehead atoms. The maximum absolute atomic E-state index is 12.2. The first-order valence-corrected chi connectivity index (χ1v) is 8.66. The van der Waals surface area contributed by atoms with Gasteiger partial charge >= 0.3 is 0 Å². The van der Waals surface area contributed by atoms with Gasteiger partial charge < -0.3 is 15.5 Å². The highest BCUT2D eigenvalue weighted by Gasteiger charge is 2.13. The van der Waals surface area contributed by atoms with Crippen LogP contribution in [0.4, 0.5) is 5.69 Å². The average Bonchev–Trinajstić information content (AvgIpc) is 2.59. The molecule has 0 aromatic heterocycles. The summed E-state index contributed by atoms with van der Waals surface area (Å²) in [6.45, 7) is 0.0869. The zero-order valence-electron chi connectivity index (χ0n) is 12.5. The van der Waals surface area contributed by atoms with Crippen LogP contribution in [0.5, 0.6) is 0 Å². The number of aliphatic hydroxyl groups excluding tert-OH is 2. The Hall–Kier alpha value is -1.93. The molecular formula is C16H20N2O4S. The summed E-state index contributed by atoms with van der Waals surface area (Å²) in [4.78, 5) is 0.168. The molecule has 6 nitrogen and oxygen atoms in total. The molecule has 23 heavy (non-hydrogen) atoms. The SMILES string of the molecule is O=S(=O)(NCc1ccccc1)c1ccc(NCC(O)CO)cc1. The average molecular weight is 336 g/mol. The zero-order chi connectivity index (χ0) is 16.7. The Labute approximate surface area is 135 Å². The second-order valence-electron chi connectivity index (χ2n) is 5.05. The highest BCUT2D eigenvalue weighted by Crippen LogP contribution is 2.14. The molecule has 1 atom stereocenters. The molecule has 0 aliphatic carbocycles. The number of hydrogen-bond acceptors (Lipinski definition) is 5. The van der Waals surface area contributed by atoms with E-state index in [-0.39, 0.29) is 24.6 Å². The summed E-state index contributed by atoms with van der Waals surface area (Å²) < 4.78 is 27.0. The Bertz CT molecular complexity index is 703. The molecule has 0 fully saturated rings. The topological polar surface area (TPSA) is 98.7 Å². The molecule has 0 aliphatic heterocycles. The molecule has 124 valence electrons. The van der Waals surface area contributed by atoms with E-state index in [2.05, 4.69) is 10.0 Å². The Kier molecular flexibility index (Phi) is 6.12. The number of anilines is 1. The summed E-state index contributed by atoms with van der Waals surface area (Å²) in [6.07, 6.45) is -0.856. The van der Waals surface area contributed by atoms with Gasteiger partial charge in [-0.15, -0.1) is 0 Å². The summed E-state index contributed by atoms with van der Waals surface area (Å²) in [7, 11) is -3.58. The molecule has 1 unspecified atom stereocenters. The molecule has 2 aromatic carbocycles. The van der Waals surface area contributed by atoms with Crippen molar-refractivity contribution >= 4 is 15.7 Å². The van der Waals surface area contributed by atoms with Crippen LogP contribution >= 0.6 is 0 Å². The number of nitrogens with one attached hydrogen (secondary N) is 2. The predicted octanol–water partition coefficient (Wildman–Crippen LogP) is 0.930. The standard InChI is InChI=1S/C16H20N2O4S/c19-12-15(20)11-17-14-6-8-16(9-7-14)23(21,22)18-10-13-4-2-1-3-5-13/h1-9,15,17-20H,10-12H2. The first-order valence-electron chi connectivity index (χ1n) is 7.18. The van der Waals surface area contributed by atoms with Crippen molar-refractivity contribution in [2.24, 2.45) is 0 Å². The van der Waals surface area contributed by atoms with Crippen molar-refractivity contribution in [3.05, 3.63) is 60.2 Å². The van der Waals surface area contributed by atoms with Crippen LogP contribution in [0, 0.1) is 0 Å². The van der Waals surface area contributed by atoms with Crippen LogP contribution in [0.3, 0.4) is 0 Å². The van der Waals surface area contributed by atoms with Crippen molar-refractivity contribution in [3.63, 3.8) is 0 Å². The fourth-order valence-electron chi connectivity index (χ4n) is 1.91.